The molecule has 3 rings (SSSR count). The van der Waals surface area contributed by atoms with Crippen LogP contribution in [0.15, 0.2) is 59.3 Å². The van der Waals surface area contributed by atoms with Crippen molar-refractivity contribution in [2.45, 2.75) is 19.9 Å². The molecule has 8 heteroatoms. The van der Waals surface area contributed by atoms with Crippen molar-refractivity contribution in [3.8, 4) is 5.95 Å². The fraction of sp³-hybridized carbons (Fsp3) is 0.273. The molecule has 0 fully saturated rings. The van der Waals surface area contributed by atoms with Gasteiger partial charge in [0.05, 0.1) is 13.2 Å². The molecule has 156 valence electrons. The molecule has 1 amide bonds. The second-order valence-corrected chi connectivity index (χ2v) is 6.49. The highest BCUT2D eigenvalue weighted by molar-refractivity contribution is 5.95. The summed E-state index contributed by atoms with van der Waals surface area (Å²) < 4.78 is 17.4. The van der Waals surface area contributed by atoms with Gasteiger partial charge in [0, 0.05) is 17.5 Å². The molecule has 0 aliphatic rings. The number of amides is 1. The molecule has 1 aromatic carbocycles. The van der Waals surface area contributed by atoms with Crippen LogP contribution in [-0.4, -0.2) is 37.4 Å². The van der Waals surface area contributed by atoms with Gasteiger partial charge in [-0.3, -0.25) is 14.4 Å². The highest BCUT2D eigenvalue weighted by atomic mass is 16.6. The first-order valence-corrected chi connectivity index (χ1v) is 9.61. The number of aromatic nitrogens is 1. The van der Waals surface area contributed by atoms with E-state index in [4.69, 9.17) is 13.9 Å². The lowest BCUT2D eigenvalue weighted by molar-refractivity contribution is -0.684. The maximum absolute atomic E-state index is 12.3. The van der Waals surface area contributed by atoms with Crippen LogP contribution in [0.4, 0.5) is 0 Å². The smallest absolute Gasteiger partial charge is 0.313 e. The van der Waals surface area contributed by atoms with Crippen molar-refractivity contribution in [1.82, 2.24) is 5.32 Å². The monoisotopic (exact) mass is 411 g/mol. The molecule has 0 unspecified atom stereocenters. The van der Waals surface area contributed by atoms with E-state index in [1.807, 2.05) is 24.3 Å². The van der Waals surface area contributed by atoms with Crippen LogP contribution in [0.1, 0.15) is 23.7 Å². The van der Waals surface area contributed by atoms with Gasteiger partial charge < -0.3 is 19.2 Å². The Hall–Kier alpha value is -3.68. The van der Waals surface area contributed by atoms with Crippen molar-refractivity contribution < 1.29 is 32.8 Å². The van der Waals surface area contributed by atoms with Crippen LogP contribution in [0.25, 0.3) is 11.0 Å². The number of pyridine rings is 1. The topological polar surface area (TPSA) is 98.7 Å². The third-order valence-electron chi connectivity index (χ3n) is 4.16. The standard InChI is InChI=1S/C22H22N2O6/c1-2-28-20(26)13-18(25)15-24-10-5-7-17(14-24)22(27)23-9-11-29-21-12-16-6-3-4-8-19(16)30-21/h3-8,10,12,14H,2,9,11,13,15H2,1H3/p+1. The van der Waals surface area contributed by atoms with Gasteiger partial charge in [-0.05, 0) is 19.1 Å². The number of hydrogen-bond donors (Lipinski definition) is 1. The molecule has 8 nitrogen and oxygen atoms in total. The van der Waals surface area contributed by atoms with Gasteiger partial charge in [-0.1, -0.05) is 18.2 Å². The fourth-order valence-corrected chi connectivity index (χ4v) is 2.83. The molecular formula is C22H23N2O6+. The average molecular weight is 411 g/mol. The molecular weight excluding hydrogens is 388 g/mol. The Balaban J connectivity index is 1.46. The lowest BCUT2D eigenvalue weighted by atomic mass is 10.2. The number of nitrogens with zero attached hydrogens (tertiary/aromatic N) is 1. The number of carbonyl (C=O) groups excluding carboxylic acids is 3. The zero-order chi connectivity index (χ0) is 21.3. The Labute approximate surface area is 173 Å². The van der Waals surface area contributed by atoms with E-state index in [0.29, 0.717) is 11.5 Å². The summed E-state index contributed by atoms with van der Waals surface area (Å²) in [5.74, 6) is -0.754. The summed E-state index contributed by atoms with van der Waals surface area (Å²) >= 11 is 0. The van der Waals surface area contributed by atoms with Crippen molar-refractivity contribution in [1.29, 1.82) is 0 Å². The van der Waals surface area contributed by atoms with Gasteiger partial charge in [0.15, 0.2) is 12.4 Å². The first-order chi connectivity index (χ1) is 14.5. The van der Waals surface area contributed by atoms with Crippen LogP contribution in [0, 0.1) is 0 Å². The third-order valence-corrected chi connectivity index (χ3v) is 4.16. The Kier molecular flexibility index (Phi) is 7.15. The number of fused-ring (bicyclic) bond motifs is 1. The van der Waals surface area contributed by atoms with Gasteiger partial charge in [-0.25, -0.2) is 0 Å². The summed E-state index contributed by atoms with van der Waals surface area (Å²) in [4.78, 5) is 35.7. The number of carbonyl (C=O) groups is 3. The first-order valence-electron chi connectivity index (χ1n) is 9.61. The van der Waals surface area contributed by atoms with E-state index >= 15 is 0 Å². The number of ether oxygens (including phenoxy) is 2. The number of nitrogens with one attached hydrogen (secondary N) is 1. The molecule has 0 saturated carbocycles. The van der Waals surface area contributed by atoms with Gasteiger partial charge in [0.25, 0.3) is 11.9 Å². The number of rotatable bonds is 10. The van der Waals surface area contributed by atoms with Crippen LogP contribution < -0.4 is 14.6 Å². The predicted molar refractivity (Wildman–Crippen MR) is 107 cm³/mol. The van der Waals surface area contributed by atoms with E-state index in [-0.39, 0.29) is 44.4 Å². The van der Waals surface area contributed by atoms with Crippen LogP contribution in [0.3, 0.4) is 0 Å². The zero-order valence-electron chi connectivity index (χ0n) is 16.6. The molecule has 0 aliphatic heterocycles. The van der Waals surface area contributed by atoms with Crippen molar-refractivity contribution in [3.63, 3.8) is 0 Å². The minimum Gasteiger partial charge on any atom is -0.466 e. The van der Waals surface area contributed by atoms with Gasteiger partial charge in [0.2, 0.25) is 12.3 Å². The molecule has 2 aromatic heterocycles. The Bertz CT molecular complexity index is 1010. The van der Waals surface area contributed by atoms with Gasteiger partial charge in [-0.15, -0.1) is 0 Å². The van der Waals surface area contributed by atoms with E-state index in [9.17, 15) is 14.4 Å². The summed E-state index contributed by atoms with van der Waals surface area (Å²) in [5.41, 5.74) is 1.13. The maximum atomic E-state index is 12.3. The highest BCUT2D eigenvalue weighted by Gasteiger charge is 2.17. The maximum Gasteiger partial charge on any atom is 0.313 e. The summed E-state index contributed by atoms with van der Waals surface area (Å²) in [6.45, 7) is 2.42. The van der Waals surface area contributed by atoms with E-state index in [0.717, 1.165) is 11.0 Å². The number of esters is 1. The van der Waals surface area contributed by atoms with Crippen molar-refractivity contribution in [3.05, 3.63) is 60.4 Å². The highest BCUT2D eigenvalue weighted by Crippen LogP contribution is 2.24. The normalized spacial score (nSPS) is 10.6. The second kappa shape index (κ2) is 10.2. The average Bonchev–Trinajstić information content (AvgIpc) is 3.14. The van der Waals surface area contributed by atoms with Crippen LogP contribution >= 0.6 is 0 Å². The number of para-hydroxylation sites is 1. The summed E-state index contributed by atoms with van der Waals surface area (Å²) in [6, 6.07) is 12.7. The van der Waals surface area contributed by atoms with Crippen LogP contribution in [-0.2, 0) is 20.9 Å². The number of furan rings is 1. The van der Waals surface area contributed by atoms with E-state index < -0.39 is 5.97 Å². The van der Waals surface area contributed by atoms with Gasteiger partial charge in [-0.2, -0.15) is 4.57 Å². The molecule has 3 aromatic rings. The van der Waals surface area contributed by atoms with E-state index in [1.165, 1.54) is 0 Å². The van der Waals surface area contributed by atoms with E-state index in [1.54, 1.807) is 42.1 Å². The fourth-order valence-electron chi connectivity index (χ4n) is 2.83. The Morgan fingerprint density at radius 3 is 2.77 bits per heavy atom. The van der Waals surface area contributed by atoms with Gasteiger partial charge in [0.1, 0.15) is 24.2 Å². The van der Waals surface area contributed by atoms with Crippen molar-refractivity contribution in [2.75, 3.05) is 19.8 Å². The lowest BCUT2D eigenvalue weighted by Crippen LogP contribution is -2.39. The Morgan fingerprint density at radius 1 is 1.13 bits per heavy atom. The zero-order valence-corrected chi connectivity index (χ0v) is 16.6. The largest absolute Gasteiger partial charge is 0.466 e. The molecule has 0 aliphatic carbocycles. The molecule has 0 spiro atoms. The minimum absolute atomic E-state index is 0.0188. The van der Waals surface area contributed by atoms with E-state index in [2.05, 4.69) is 5.32 Å². The first kappa shape index (κ1) is 21.0. The number of hydrogen-bond acceptors (Lipinski definition) is 6. The molecule has 0 saturated heterocycles. The van der Waals surface area contributed by atoms with Crippen molar-refractivity contribution >= 4 is 28.6 Å². The second-order valence-electron chi connectivity index (χ2n) is 6.49. The summed E-state index contributed by atoms with van der Waals surface area (Å²) in [6.07, 6.45) is 2.92. The quantitative estimate of drug-likeness (QED) is 0.237. The molecule has 0 radical (unpaired) electrons. The number of benzene rings is 1. The molecule has 2 heterocycles. The van der Waals surface area contributed by atoms with Crippen LogP contribution in [0.5, 0.6) is 5.95 Å². The summed E-state index contributed by atoms with van der Waals surface area (Å²) in [5, 5.41) is 3.70. The Morgan fingerprint density at radius 2 is 1.97 bits per heavy atom. The van der Waals surface area contributed by atoms with Gasteiger partial charge >= 0.3 is 5.97 Å². The lowest BCUT2D eigenvalue weighted by Gasteiger charge is -2.05. The number of ketones is 1. The molecule has 1 N–H and O–H groups in total. The third kappa shape index (κ3) is 5.91. The number of Topliss-reactive ketones (excluding diaryl/α,β-unsaturated/α-hetero) is 1. The predicted octanol–water partition coefficient (Wildman–Crippen LogP) is 2.05. The summed E-state index contributed by atoms with van der Waals surface area (Å²) in [7, 11) is 0. The minimum atomic E-state index is -0.554. The molecule has 0 atom stereocenters. The molecule has 30 heavy (non-hydrogen) atoms. The van der Waals surface area contributed by atoms with Crippen LogP contribution in [0.2, 0.25) is 0 Å². The molecule has 0 bridgehead atoms. The van der Waals surface area contributed by atoms with Crippen molar-refractivity contribution in [2.24, 2.45) is 0 Å². The SMILES string of the molecule is CCOC(=O)CC(=O)C[n+]1cccc(C(=O)NCCOc2cc3ccccc3o2)c1.